The Morgan fingerprint density at radius 3 is 2.89 bits per heavy atom. The highest BCUT2D eigenvalue weighted by atomic mass is 16.4. The van der Waals surface area contributed by atoms with E-state index >= 15 is 0 Å². The molecule has 0 amide bonds. The van der Waals surface area contributed by atoms with Gasteiger partial charge in [-0.1, -0.05) is 13.3 Å². The number of aliphatic carboxylic acids is 1. The van der Waals surface area contributed by atoms with Gasteiger partial charge in [0.1, 0.15) is 17.1 Å². The predicted octanol–water partition coefficient (Wildman–Crippen LogP) is 2.81. The van der Waals surface area contributed by atoms with Gasteiger partial charge >= 0.3 is 5.97 Å². The van der Waals surface area contributed by atoms with Crippen LogP contribution in [0.2, 0.25) is 0 Å². The summed E-state index contributed by atoms with van der Waals surface area (Å²) in [5, 5.41) is 9.58. The molecule has 0 saturated carbocycles. The van der Waals surface area contributed by atoms with Crippen LogP contribution in [-0.4, -0.2) is 28.1 Å². The molecule has 1 aliphatic heterocycles. The Hall–Kier alpha value is -1.29. The lowest BCUT2D eigenvalue weighted by atomic mass is 9.90. The molecule has 0 aliphatic carbocycles. The van der Waals surface area contributed by atoms with E-state index in [0.717, 1.165) is 37.3 Å². The van der Waals surface area contributed by atoms with Crippen LogP contribution < -0.4 is 0 Å². The molecule has 1 N–H and O–H groups in total. The zero-order chi connectivity index (χ0) is 13.2. The first kappa shape index (κ1) is 13.1. The average Bonchev–Trinajstić information content (AvgIpc) is 2.88. The van der Waals surface area contributed by atoms with E-state index in [4.69, 9.17) is 4.42 Å². The summed E-state index contributed by atoms with van der Waals surface area (Å²) >= 11 is 0. The minimum atomic E-state index is -0.690. The van der Waals surface area contributed by atoms with Crippen molar-refractivity contribution in [3.63, 3.8) is 0 Å². The molecule has 1 aromatic heterocycles. The fourth-order valence-electron chi connectivity index (χ4n) is 2.97. The lowest BCUT2D eigenvalue weighted by Gasteiger charge is -2.34. The van der Waals surface area contributed by atoms with Crippen LogP contribution in [0.15, 0.2) is 16.5 Å². The summed E-state index contributed by atoms with van der Waals surface area (Å²) in [6, 6.07) is 3.86. The maximum atomic E-state index is 11.6. The maximum Gasteiger partial charge on any atom is 0.324 e. The van der Waals surface area contributed by atoms with Crippen molar-refractivity contribution in [2.75, 3.05) is 6.54 Å². The van der Waals surface area contributed by atoms with Crippen molar-refractivity contribution in [3.8, 4) is 0 Å². The molecule has 2 heterocycles. The van der Waals surface area contributed by atoms with E-state index in [0.29, 0.717) is 13.0 Å². The van der Waals surface area contributed by atoms with Crippen LogP contribution in [0.4, 0.5) is 0 Å². The van der Waals surface area contributed by atoms with Crippen LogP contribution >= 0.6 is 0 Å². The summed E-state index contributed by atoms with van der Waals surface area (Å²) in [5.41, 5.74) is -0.685. The number of aryl methyl sites for hydroxylation is 1. The predicted molar refractivity (Wildman–Crippen MR) is 68.4 cm³/mol. The summed E-state index contributed by atoms with van der Waals surface area (Å²) in [6.07, 6.45) is 3.30. The monoisotopic (exact) mass is 251 g/mol. The number of nitrogens with zero attached hydrogens (tertiary/aromatic N) is 1. The molecule has 0 bridgehead atoms. The van der Waals surface area contributed by atoms with Crippen LogP contribution in [0.25, 0.3) is 0 Å². The first-order valence-corrected chi connectivity index (χ1v) is 6.62. The van der Waals surface area contributed by atoms with Gasteiger partial charge < -0.3 is 9.52 Å². The minimum absolute atomic E-state index is 0.597. The highest BCUT2D eigenvalue weighted by Crippen LogP contribution is 2.35. The van der Waals surface area contributed by atoms with Gasteiger partial charge in [0.25, 0.3) is 0 Å². The highest BCUT2D eigenvalue weighted by molar-refractivity contribution is 5.79. The molecule has 1 saturated heterocycles. The molecule has 0 aromatic carbocycles. The van der Waals surface area contributed by atoms with E-state index < -0.39 is 11.5 Å². The molecule has 4 nitrogen and oxygen atoms in total. The topological polar surface area (TPSA) is 53.7 Å². The van der Waals surface area contributed by atoms with E-state index in [1.54, 1.807) is 0 Å². The number of furan rings is 1. The second-order valence-electron chi connectivity index (χ2n) is 5.12. The van der Waals surface area contributed by atoms with Gasteiger partial charge in [-0.15, -0.1) is 0 Å². The molecule has 2 rings (SSSR count). The van der Waals surface area contributed by atoms with Gasteiger partial charge in [-0.2, -0.15) is 0 Å². The first-order chi connectivity index (χ1) is 8.58. The molecule has 1 unspecified atom stereocenters. The Kier molecular flexibility index (Phi) is 3.76. The van der Waals surface area contributed by atoms with Gasteiger partial charge in [0.05, 0.1) is 6.54 Å². The van der Waals surface area contributed by atoms with Crippen LogP contribution in [0, 0.1) is 6.92 Å². The molecule has 1 aromatic rings. The summed E-state index contributed by atoms with van der Waals surface area (Å²) in [4.78, 5) is 13.7. The number of likely N-dealkylation sites (tertiary alicyclic amines) is 1. The van der Waals surface area contributed by atoms with Gasteiger partial charge in [0.15, 0.2) is 0 Å². The number of hydrogen-bond donors (Lipinski definition) is 1. The first-order valence-electron chi connectivity index (χ1n) is 6.62. The van der Waals surface area contributed by atoms with E-state index in [9.17, 15) is 9.90 Å². The molecule has 0 radical (unpaired) electrons. The van der Waals surface area contributed by atoms with Gasteiger partial charge in [-0.05, 0) is 44.9 Å². The van der Waals surface area contributed by atoms with Crippen molar-refractivity contribution in [3.05, 3.63) is 23.7 Å². The number of carboxylic acid groups (broad SMARTS) is 1. The normalized spacial score (nSPS) is 24.6. The number of hydrogen-bond acceptors (Lipinski definition) is 3. The third-order valence-electron chi connectivity index (χ3n) is 3.83. The Labute approximate surface area is 108 Å². The lowest BCUT2D eigenvalue weighted by Crippen LogP contribution is -2.49. The minimum Gasteiger partial charge on any atom is -0.480 e. The zero-order valence-corrected chi connectivity index (χ0v) is 11.1. The van der Waals surface area contributed by atoms with Gasteiger partial charge in [-0.25, -0.2) is 0 Å². The largest absolute Gasteiger partial charge is 0.480 e. The van der Waals surface area contributed by atoms with Crippen molar-refractivity contribution >= 4 is 5.97 Å². The molecule has 4 heteroatoms. The molecule has 1 aliphatic rings. The number of carboxylic acids is 1. The second kappa shape index (κ2) is 5.14. The molecule has 100 valence electrons. The highest BCUT2D eigenvalue weighted by Gasteiger charge is 2.46. The Balaban J connectivity index is 2.17. The van der Waals surface area contributed by atoms with Crippen LogP contribution in [0.1, 0.15) is 44.1 Å². The Morgan fingerprint density at radius 2 is 2.33 bits per heavy atom. The van der Waals surface area contributed by atoms with E-state index in [-0.39, 0.29) is 0 Å². The fraction of sp³-hybridized carbons (Fsp3) is 0.643. The SMILES string of the molecule is CCCC1(C(=O)O)CCCN1Cc1ccc(C)o1. The maximum absolute atomic E-state index is 11.6. The van der Waals surface area contributed by atoms with E-state index in [2.05, 4.69) is 4.90 Å². The van der Waals surface area contributed by atoms with Gasteiger partial charge in [0, 0.05) is 0 Å². The molecule has 1 atom stereocenters. The quantitative estimate of drug-likeness (QED) is 0.874. The fourth-order valence-corrected chi connectivity index (χ4v) is 2.97. The van der Waals surface area contributed by atoms with Crippen LogP contribution in [0.3, 0.4) is 0 Å². The van der Waals surface area contributed by atoms with Gasteiger partial charge in [0.2, 0.25) is 0 Å². The molecule has 18 heavy (non-hydrogen) atoms. The molecular formula is C14H21NO3. The Morgan fingerprint density at radius 1 is 1.56 bits per heavy atom. The summed E-state index contributed by atoms with van der Waals surface area (Å²) in [6.45, 7) is 5.38. The smallest absolute Gasteiger partial charge is 0.324 e. The third-order valence-corrected chi connectivity index (χ3v) is 3.83. The van der Waals surface area contributed by atoms with Crippen LogP contribution in [0.5, 0.6) is 0 Å². The lowest BCUT2D eigenvalue weighted by molar-refractivity contribution is -0.150. The standard InChI is InChI=1S/C14H21NO3/c1-3-7-14(13(16)17)8-4-9-15(14)10-12-6-5-11(2)18-12/h5-6H,3-4,7-10H2,1-2H3,(H,16,17). The van der Waals surface area contributed by atoms with Crippen molar-refractivity contribution in [1.82, 2.24) is 4.90 Å². The summed E-state index contributed by atoms with van der Waals surface area (Å²) in [5.74, 6) is 1.04. The van der Waals surface area contributed by atoms with Crippen molar-refractivity contribution in [2.45, 2.75) is 51.6 Å². The van der Waals surface area contributed by atoms with Crippen molar-refractivity contribution in [1.29, 1.82) is 0 Å². The van der Waals surface area contributed by atoms with Crippen LogP contribution in [-0.2, 0) is 11.3 Å². The molecule has 0 spiro atoms. The van der Waals surface area contributed by atoms with Crippen molar-refractivity contribution < 1.29 is 14.3 Å². The number of rotatable bonds is 5. The van der Waals surface area contributed by atoms with Gasteiger partial charge in [-0.3, -0.25) is 9.69 Å². The van der Waals surface area contributed by atoms with E-state index in [1.807, 2.05) is 26.0 Å². The van der Waals surface area contributed by atoms with Crippen molar-refractivity contribution in [2.24, 2.45) is 0 Å². The Bertz CT molecular complexity index is 426. The summed E-state index contributed by atoms with van der Waals surface area (Å²) < 4.78 is 5.56. The van der Waals surface area contributed by atoms with E-state index in [1.165, 1.54) is 0 Å². The third kappa shape index (κ3) is 2.29. The number of carbonyl (C=O) groups is 1. The molecule has 1 fully saturated rings. The second-order valence-corrected chi connectivity index (χ2v) is 5.12. The summed E-state index contributed by atoms with van der Waals surface area (Å²) in [7, 11) is 0. The zero-order valence-electron chi connectivity index (χ0n) is 11.1. The molecular weight excluding hydrogens is 230 g/mol. The average molecular weight is 251 g/mol.